The summed E-state index contributed by atoms with van der Waals surface area (Å²) in [6, 6.07) is 0. The van der Waals surface area contributed by atoms with Gasteiger partial charge in [0.1, 0.15) is 0 Å². The number of amides is 1. The van der Waals surface area contributed by atoms with Gasteiger partial charge in [-0.15, -0.1) is 0 Å². The predicted octanol–water partition coefficient (Wildman–Crippen LogP) is 0.710. The number of nitrogens with one attached hydrogen (secondary N) is 1. The van der Waals surface area contributed by atoms with E-state index in [4.69, 9.17) is 0 Å². The van der Waals surface area contributed by atoms with Gasteiger partial charge < -0.3 is 10.2 Å². The number of hydrogen-bond donors (Lipinski definition) is 1. The highest BCUT2D eigenvalue weighted by Gasteiger charge is 2.33. The molecule has 0 saturated carbocycles. The van der Waals surface area contributed by atoms with Crippen LogP contribution in [0.3, 0.4) is 0 Å². The van der Waals surface area contributed by atoms with Crippen molar-refractivity contribution in [2.75, 3.05) is 26.2 Å². The number of nitrogens with zero attached hydrogens (tertiary/aromatic N) is 1. The lowest BCUT2D eigenvalue weighted by molar-refractivity contribution is -0.139. The van der Waals surface area contributed by atoms with Crippen LogP contribution in [0.25, 0.3) is 0 Å². The maximum atomic E-state index is 12.4. The fraction of sp³-hybridized carbons (Fsp3) is 0.900. The number of likely N-dealkylation sites (tertiary alicyclic amines) is 1. The first-order valence-electron chi connectivity index (χ1n) is 5.46. The van der Waals surface area contributed by atoms with Crippen LogP contribution in [-0.2, 0) is 4.79 Å². The van der Waals surface area contributed by atoms with Gasteiger partial charge >= 0.3 is 0 Å². The maximum Gasteiger partial charge on any atom is 0.241 e. The molecule has 2 aliphatic heterocycles. The van der Waals surface area contributed by atoms with Gasteiger partial charge in [0.05, 0.1) is 5.92 Å². The zero-order valence-electron chi connectivity index (χ0n) is 8.59. The van der Waals surface area contributed by atoms with Crippen molar-refractivity contribution < 1.29 is 13.6 Å². The van der Waals surface area contributed by atoms with Crippen molar-refractivity contribution in [2.45, 2.75) is 19.3 Å². The second-order valence-corrected chi connectivity index (χ2v) is 4.35. The standard InChI is InChI=1S/C10H16F2N2O/c11-9(12)7-1-3-14(4-2-7)10(15)8-5-13-6-8/h7-9,13H,1-6H2. The molecule has 0 aromatic carbocycles. The molecular formula is C10H16F2N2O. The Kier molecular flexibility index (Phi) is 3.19. The molecule has 0 aliphatic carbocycles. The van der Waals surface area contributed by atoms with Gasteiger partial charge in [-0.1, -0.05) is 0 Å². The number of piperidine rings is 1. The molecular weight excluding hydrogens is 202 g/mol. The lowest BCUT2D eigenvalue weighted by Crippen LogP contribution is -2.53. The number of hydrogen-bond acceptors (Lipinski definition) is 2. The highest BCUT2D eigenvalue weighted by molar-refractivity contribution is 5.80. The highest BCUT2D eigenvalue weighted by Crippen LogP contribution is 2.24. The molecule has 0 aromatic rings. The van der Waals surface area contributed by atoms with Crippen LogP contribution in [0.2, 0.25) is 0 Å². The molecule has 0 bridgehead atoms. The molecule has 1 amide bonds. The van der Waals surface area contributed by atoms with Gasteiger partial charge in [-0.25, -0.2) is 8.78 Å². The lowest BCUT2D eigenvalue weighted by Gasteiger charge is -2.36. The van der Waals surface area contributed by atoms with Crippen LogP contribution < -0.4 is 5.32 Å². The number of carbonyl (C=O) groups excluding carboxylic acids is 1. The van der Waals surface area contributed by atoms with Crippen molar-refractivity contribution in [3.8, 4) is 0 Å². The molecule has 2 aliphatic rings. The van der Waals surface area contributed by atoms with Crippen molar-refractivity contribution in [1.29, 1.82) is 0 Å². The quantitative estimate of drug-likeness (QED) is 0.740. The van der Waals surface area contributed by atoms with E-state index in [1.165, 1.54) is 0 Å². The molecule has 2 rings (SSSR count). The minimum Gasteiger partial charge on any atom is -0.342 e. The smallest absolute Gasteiger partial charge is 0.241 e. The van der Waals surface area contributed by atoms with Gasteiger partial charge in [-0.2, -0.15) is 0 Å². The first-order chi connectivity index (χ1) is 7.18. The van der Waals surface area contributed by atoms with E-state index in [9.17, 15) is 13.6 Å². The first-order valence-corrected chi connectivity index (χ1v) is 5.46. The summed E-state index contributed by atoms with van der Waals surface area (Å²) in [6.07, 6.45) is -1.33. The van der Waals surface area contributed by atoms with E-state index < -0.39 is 12.3 Å². The third-order valence-corrected chi connectivity index (χ3v) is 3.34. The molecule has 0 spiro atoms. The fourth-order valence-corrected chi connectivity index (χ4v) is 2.09. The van der Waals surface area contributed by atoms with Gasteiger partial charge in [0.25, 0.3) is 0 Å². The average Bonchev–Trinajstić information content (AvgIpc) is 2.15. The second-order valence-electron chi connectivity index (χ2n) is 4.35. The number of carbonyl (C=O) groups is 1. The summed E-state index contributed by atoms with van der Waals surface area (Å²) in [6.45, 7) is 2.50. The molecule has 2 fully saturated rings. The molecule has 0 atom stereocenters. The van der Waals surface area contributed by atoms with Crippen LogP contribution >= 0.6 is 0 Å². The van der Waals surface area contributed by atoms with E-state index in [0.717, 1.165) is 13.1 Å². The fourth-order valence-electron chi connectivity index (χ4n) is 2.09. The van der Waals surface area contributed by atoms with Crippen molar-refractivity contribution >= 4 is 5.91 Å². The van der Waals surface area contributed by atoms with E-state index in [1.54, 1.807) is 4.90 Å². The lowest BCUT2D eigenvalue weighted by atomic mass is 9.95. The SMILES string of the molecule is O=C(C1CNC1)N1CCC(C(F)F)CC1. The van der Waals surface area contributed by atoms with Crippen LogP contribution in [-0.4, -0.2) is 43.4 Å². The summed E-state index contributed by atoms with van der Waals surface area (Å²) >= 11 is 0. The molecule has 5 heteroatoms. The molecule has 2 heterocycles. The van der Waals surface area contributed by atoms with E-state index in [0.29, 0.717) is 25.9 Å². The third-order valence-electron chi connectivity index (χ3n) is 3.34. The summed E-state index contributed by atoms with van der Waals surface area (Å²) in [5.41, 5.74) is 0. The van der Waals surface area contributed by atoms with Gasteiger partial charge in [0.2, 0.25) is 12.3 Å². The van der Waals surface area contributed by atoms with Crippen molar-refractivity contribution in [3.05, 3.63) is 0 Å². The summed E-state index contributed by atoms with van der Waals surface area (Å²) < 4.78 is 24.7. The zero-order chi connectivity index (χ0) is 10.8. The Labute approximate surface area is 87.8 Å². The Morgan fingerprint density at radius 2 is 1.87 bits per heavy atom. The van der Waals surface area contributed by atoms with Crippen molar-refractivity contribution in [2.24, 2.45) is 11.8 Å². The van der Waals surface area contributed by atoms with Gasteiger partial charge in [-0.3, -0.25) is 4.79 Å². The van der Waals surface area contributed by atoms with Crippen LogP contribution in [0, 0.1) is 11.8 Å². The molecule has 86 valence electrons. The summed E-state index contributed by atoms with van der Waals surface area (Å²) in [5, 5.41) is 3.04. The average molecular weight is 218 g/mol. The summed E-state index contributed by atoms with van der Waals surface area (Å²) in [4.78, 5) is 13.5. The third kappa shape index (κ3) is 2.27. The van der Waals surface area contributed by atoms with Crippen molar-refractivity contribution in [3.63, 3.8) is 0 Å². The first kappa shape index (κ1) is 10.8. The van der Waals surface area contributed by atoms with E-state index >= 15 is 0 Å². The maximum absolute atomic E-state index is 12.4. The molecule has 1 N–H and O–H groups in total. The largest absolute Gasteiger partial charge is 0.342 e. The van der Waals surface area contributed by atoms with E-state index in [1.807, 2.05) is 0 Å². The molecule has 0 unspecified atom stereocenters. The Hall–Kier alpha value is -0.710. The molecule has 15 heavy (non-hydrogen) atoms. The van der Waals surface area contributed by atoms with Crippen LogP contribution in [0.15, 0.2) is 0 Å². The molecule has 0 radical (unpaired) electrons. The topological polar surface area (TPSA) is 32.3 Å². The normalized spacial score (nSPS) is 24.3. The van der Waals surface area contributed by atoms with Gasteiger partial charge in [0, 0.05) is 32.1 Å². The van der Waals surface area contributed by atoms with Crippen LogP contribution in [0.5, 0.6) is 0 Å². The highest BCUT2D eigenvalue weighted by atomic mass is 19.3. The van der Waals surface area contributed by atoms with E-state index in [2.05, 4.69) is 5.32 Å². The summed E-state index contributed by atoms with van der Waals surface area (Å²) in [5.74, 6) is -0.275. The zero-order valence-corrected chi connectivity index (χ0v) is 8.59. The summed E-state index contributed by atoms with van der Waals surface area (Å²) in [7, 11) is 0. The molecule has 2 saturated heterocycles. The van der Waals surface area contributed by atoms with Crippen LogP contribution in [0.1, 0.15) is 12.8 Å². The Morgan fingerprint density at radius 1 is 1.27 bits per heavy atom. The predicted molar refractivity (Wildman–Crippen MR) is 51.7 cm³/mol. The minimum atomic E-state index is -2.23. The number of halogens is 2. The van der Waals surface area contributed by atoms with Gasteiger partial charge in [-0.05, 0) is 12.8 Å². The van der Waals surface area contributed by atoms with Gasteiger partial charge in [0.15, 0.2) is 0 Å². The molecule has 3 nitrogen and oxygen atoms in total. The Morgan fingerprint density at radius 3 is 2.27 bits per heavy atom. The van der Waals surface area contributed by atoms with Crippen molar-refractivity contribution in [1.82, 2.24) is 10.2 Å². The minimum absolute atomic E-state index is 0.0908. The number of alkyl halides is 2. The molecule has 0 aromatic heterocycles. The number of rotatable bonds is 2. The van der Waals surface area contributed by atoms with Crippen LogP contribution in [0.4, 0.5) is 8.78 Å². The Balaban J connectivity index is 1.79. The van der Waals surface area contributed by atoms with E-state index in [-0.39, 0.29) is 11.8 Å². The Bertz CT molecular complexity index is 236. The monoisotopic (exact) mass is 218 g/mol. The second kappa shape index (κ2) is 4.43.